The Morgan fingerprint density at radius 2 is 1.50 bits per heavy atom. The number of hydrogen-bond donors (Lipinski definition) is 0. The molecule has 1 rings (SSSR count). The van der Waals surface area contributed by atoms with Gasteiger partial charge in [-0.15, -0.1) is 0 Å². The molecular weight excluding hydrogens is 180 g/mol. The molecule has 0 aliphatic carbocycles. The molecule has 1 aliphatic heterocycles. The summed E-state index contributed by atoms with van der Waals surface area (Å²) in [6.45, 7) is 9.25. The maximum Gasteiger partial charge on any atom is 0.154 e. The molecule has 0 amide bonds. The van der Waals surface area contributed by atoms with Crippen LogP contribution < -0.4 is 0 Å². The van der Waals surface area contributed by atoms with Crippen LogP contribution in [0.2, 0.25) is 0 Å². The minimum Gasteiger partial charge on any atom is -0.381 e. The number of rotatable bonds is 4. The smallest absolute Gasteiger partial charge is 0.154 e. The first kappa shape index (κ1) is 13.9. The molecule has 0 aromatic heterocycles. The lowest BCUT2D eigenvalue weighted by atomic mass is 10.2. The van der Waals surface area contributed by atoms with Crippen molar-refractivity contribution in [3.63, 3.8) is 0 Å². The Hall–Kier alpha value is -0.120. The van der Waals surface area contributed by atoms with Gasteiger partial charge in [0.2, 0.25) is 0 Å². The number of hydrogen-bond acceptors (Lipinski definition) is 3. The highest BCUT2D eigenvalue weighted by Crippen LogP contribution is 2.02. The molecule has 1 heterocycles. The van der Waals surface area contributed by atoms with Crippen molar-refractivity contribution < 1.29 is 14.2 Å². The van der Waals surface area contributed by atoms with Gasteiger partial charge in [0.25, 0.3) is 0 Å². The topological polar surface area (TPSA) is 27.7 Å². The summed E-state index contributed by atoms with van der Waals surface area (Å²) in [6.07, 6.45) is 3.89. The van der Waals surface area contributed by atoms with Gasteiger partial charge >= 0.3 is 0 Å². The zero-order valence-electron chi connectivity index (χ0n) is 9.75. The van der Waals surface area contributed by atoms with Crippen molar-refractivity contribution in [1.29, 1.82) is 0 Å². The van der Waals surface area contributed by atoms with E-state index in [9.17, 15) is 0 Å². The predicted octanol–water partition coefficient (Wildman–Crippen LogP) is 2.59. The third-order valence-corrected chi connectivity index (χ3v) is 1.88. The number of ether oxygens (including phenoxy) is 3. The van der Waals surface area contributed by atoms with Crippen LogP contribution in [-0.4, -0.2) is 32.7 Å². The quantitative estimate of drug-likeness (QED) is 0.659. The van der Waals surface area contributed by atoms with Crippen LogP contribution >= 0.6 is 0 Å². The fourth-order valence-electron chi connectivity index (χ4n) is 1.20. The molecule has 3 heteroatoms. The zero-order chi connectivity index (χ0) is 10.6. The maximum atomic E-state index is 5.07. The van der Waals surface area contributed by atoms with E-state index in [2.05, 4.69) is 0 Å². The third-order valence-electron chi connectivity index (χ3n) is 1.88. The molecule has 0 aromatic carbocycles. The first-order chi connectivity index (χ1) is 6.81. The monoisotopic (exact) mass is 204 g/mol. The molecule has 86 valence electrons. The Bertz CT molecular complexity index is 85.2. The van der Waals surface area contributed by atoms with Gasteiger partial charge in [-0.1, -0.05) is 0 Å². The molecule has 0 radical (unpaired) electrons. The summed E-state index contributed by atoms with van der Waals surface area (Å²) < 4.78 is 15.2. The van der Waals surface area contributed by atoms with E-state index in [4.69, 9.17) is 14.2 Å². The van der Waals surface area contributed by atoms with Crippen LogP contribution in [0.5, 0.6) is 0 Å². The van der Waals surface area contributed by atoms with Crippen LogP contribution in [0.3, 0.4) is 0 Å². The Kier molecular flexibility index (Phi) is 10.9. The molecule has 0 spiro atoms. The Balaban J connectivity index is 0.000000249. The van der Waals surface area contributed by atoms with Crippen molar-refractivity contribution in [3.8, 4) is 0 Å². The van der Waals surface area contributed by atoms with Crippen molar-refractivity contribution in [2.45, 2.75) is 46.3 Å². The summed E-state index contributed by atoms with van der Waals surface area (Å²) in [4.78, 5) is 0. The van der Waals surface area contributed by atoms with Gasteiger partial charge in [-0.25, -0.2) is 0 Å². The van der Waals surface area contributed by atoms with Gasteiger partial charge < -0.3 is 14.2 Å². The summed E-state index contributed by atoms with van der Waals surface area (Å²) >= 11 is 0. The van der Waals surface area contributed by atoms with Crippen LogP contribution in [0.1, 0.15) is 40.0 Å². The molecule has 0 aromatic rings. The molecule has 0 atom stereocenters. The summed E-state index contributed by atoms with van der Waals surface area (Å²) in [6, 6.07) is 0. The van der Waals surface area contributed by atoms with E-state index in [1.165, 1.54) is 19.3 Å². The molecular formula is C11H24O3. The zero-order valence-corrected chi connectivity index (χ0v) is 9.75. The second kappa shape index (κ2) is 11.0. The van der Waals surface area contributed by atoms with Crippen LogP contribution in [0.25, 0.3) is 0 Å². The lowest BCUT2D eigenvalue weighted by Gasteiger charge is -2.09. The van der Waals surface area contributed by atoms with E-state index in [-0.39, 0.29) is 6.29 Å². The standard InChI is InChI=1S/C6H14O2.C5H10O/c1-4-7-6(3)8-5-2;1-2-4-6-5-3-1/h6H,4-5H2,1-3H3;1-5H2. The molecule has 1 saturated heterocycles. The van der Waals surface area contributed by atoms with Crippen molar-refractivity contribution in [1.82, 2.24) is 0 Å². The Morgan fingerprint density at radius 3 is 1.71 bits per heavy atom. The van der Waals surface area contributed by atoms with Gasteiger partial charge in [-0.05, 0) is 40.0 Å². The normalized spacial score (nSPS) is 16.3. The Labute approximate surface area is 87.7 Å². The summed E-state index contributed by atoms with van der Waals surface area (Å²) in [5.74, 6) is 0. The summed E-state index contributed by atoms with van der Waals surface area (Å²) in [5.41, 5.74) is 0. The lowest BCUT2D eigenvalue weighted by Crippen LogP contribution is -2.11. The van der Waals surface area contributed by atoms with Crippen LogP contribution in [0.15, 0.2) is 0 Å². The van der Waals surface area contributed by atoms with Gasteiger partial charge in [0, 0.05) is 26.4 Å². The highest BCUT2D eigenvalue weighted by atomic mass is 16.7. The highest BCUT2D eigenvalue weighted by molar-refractivity contribution is 4.45. The van der Waals surface area contributed by atoms with Gasteiger partial charge in [0.1, 0.15) is 0 Å². The van der Waals surface area contributed by atoms with E-state index in [1.807, 2.05) is 20.8 Å². The largest absolute Gasteiger partial charge is 0.381 e. The van der Waals surface area contributed by atoms with Gasteiger partial charge in [-0.3, -0.25) is 0 Å². The second-order valence-corrected chi connectivity index (χ2v) is 3.15. The fourth-order valence-corrected chi connectivity index (χ4v) is 1.20. The van der Waals surface area contributed by atoms with Crippen molar-refractivity contribution in [3.05, 3.63) is 0 Å². The molecule has 0 unspecified atom stereocenters. The predicted molar refractivity (Wildman–Crippen MR) is 57.4 cm³/mol. The average Bonchev–Trinajstić information content (AvgIpc) is 2.22. The first-order valence-corrected chi connectivity index (χ1v) is 5.62. The molecule has 1 aliphatic rings. The molecule has 0 N–H and O–H groups in total. The van der Waals surface area contributed by atoms with Crippen LogP contribution in [-0.2, 0) is 14.2 Å². The molecule has 1 fully saturated rings. The fraction of sp³-hybridized carbons (Fsp3) is 1.00. The molecule has 0 bridgehead atoms. The summed E-state index contributed by atoms with van der Waals surface area (Å²) in [5, 5.41) is 0. The Morgan fingerprint density at radius 1 is 1.00 bits per heavy atom. The SMILES string of the molecule is C1CCOCC1.CCOC(C)OCC. The first-order valence-electron chi connectivity index (χ1n) is 5.62. The minimum absolute atomic E-state index is 0.0370. The van der Waals surface area contributed by atoms with E-state index in [0.29, 0.717) is 0 Å². The average molecular weight is 204 g/mol. The second-order valence-electron chi connectivity index (χ2n) is 3.15. The van der Waals surface area contributed by atoms with Crippen LogP contribution in [0.4, 0.5) is 0 Å². The third kappa shape index (κ3) is 9.96. The minimum atomic E-state index is -0.0370. The van der Waals surface area contributed by atoms with Crippen LogP contribution in [0, 0.1) is 0 Å². The molecule has 3 nitrogen and oxygen atoms in total. The molecule has 14 heavy (non-hydrogen) atoms. The van der Waals surface area contributed by atoms with Gasteiger partial charge in [0.05, 0.1) is 0 Å². The van der Waals surface area contributed by atoms with Crippen molar-refractivity contribution in [2.75, 3.05) is 26.4 Å². The van der Waals surface area contributed by atoms with E-state index >= 15 is 0 Å². The van der Waals surface area contributed by atoms with Crippen molar-refractivity contribution in [2.24, 2.45) is 0 Å². The van der Waals surface area contributed by atoms with E-state index in [0.717, 1.165) is 26.4 Å². The van der Waals surface area contributed by atoms with Gasteiger partial charge in [-0.2, -0.15) is 0 Å². The summed E-state index contributed by atoms with van der Waals surface area (Å²) in [7, 11) is 0. The maximum absolute atomic E-state index is 5.07. The van der Waals surface area contributed by atoms with Crippen molar-refractivity contribution >= 4 is 0 Å². The molecule has 0 saturated carbocycles. The van der Waals surface area contributed by atoms with Gasteiger partial charge in [0.15, 0.2) is 6.29 Å². The highest BCUT2D eigenvalue weighted by Gasteiger charge is 1.95. The van der Waals surface area contributed by atoms with E-state index < -0.39 is 0 Å². The lowest BCUT2D eigenvalue weighted by molar-refractivity contribution is -0.123. The van der Waals surface area contributed by atoms with E-state index in [1.54, 1.807) is 0 Å².